The Morgan fingerprint density at radius 1 is 1.24 bits per heavy atom. The van der Waals surface area contributed by atoms with Crippen LogP contribution < -0.4 is 10.2 Å². The maximum Gasteiger partial charge on any atom is 0.272 e. The molecule has 9 heteroatoms. The second-order valence-electron chi connectivity index (χ2n) is 5.65. The second kappa shape index (κ2) is 6.98. The molecule has 0 unspecified atom stereocenters. The van der Waals surface area contributed by atoms with E-state index in [1.165, 1.54) is 24.2 Å². The summed E-state index contributed by atoms with van der Waals surface area (Å²) in [7, 11) is 0. The lowest BCUT2D eigenvalue weighted by Gasteiger charge is -2.15. The van der Waals surface area contributed by atoms with Crippen LogP contribution in [0.3, 0.4) is 0 Å². The van der Waals surface area contributed by atoms with E-state index in [4.69, 9.17) is 4.52 Å². The normalized spacial score (nSPS) is 14.0. The van der Waals surface area contributed by atoms with Crippen LogP contribution in [0.5, 0.6) is 0 Å². The van der Waals surface area contributed by atoms with Crippen LogP contribution in [0.25, 0.3) is 10.8 Å². The fraction of sp³-hybridized carbons (Fsp3) is 0.312. The molecule has 0 radical (unpaired) electrons. The van der Waals surface area contributed by atoms with E-state index in [-0.39, 0.29) is 18.1 Å². The molecule has 1 aliphatic rings. The first-order chi connectivity index (χ1) is 12.3. The standard InChI is InChI=1S/C16H16N6O2S/c23-15(11-5-6-14(20-19-11)22-7-1-2-8-22)17-10-13-18-16(24-21-13)12-4-3-9-25-12/h3-6,9H,1-2,7-8,10H2,(H,17,23). The Hall–Kier alpha value is -2.81. The highest BCUT2D eigenvalue weighted by Gasteiger charge is 2.16. The van der Waals surface area contributed by atoms with E-state index < -0.39 is 0 Å². The number of carbonyl (C=O) groups excluding carboxylic acids is 1. The van der Waals surface area contributed by atoms with Crippen LogP contribution in [0.1, 0.15) is 29.2 Å². The number of amides is 1. The molecule has 0 spiro atoms. The fourth-order valence-electron chi connectivity index (χ4n) is 2.64. The Balaban J connectivity index is 1.35. The maximum atomic E-state index is 12.2. The Kier molecular flexibility index (Phi) is 4.38. The van der Waals surface area contributed by atoms with Gasteiger partial charge in [-0.2, -0.15) is 4.98 Å². The van der Waals surface area contributed by atoms with E-state index in [0.717, 1.165) is 23.8 Å². The van der Waals surface area contributed by atoms with Crippen molar-refractivity contribution >= 4 is 23.1 Å². The highest BCUT2D eigenvalue weighted by molar-refractivity contribution is 7.13. The Morgan fingerprint density at radius 2 is 2.12 bits per heavy atom. The van der Waals surface area contributed by atoms with Gasteiger partial charge < -0.3 is 14.7 Å². The van der Waals surface area contributed by atoms with Crippen LogP contribution in [-0.2, 0) is 6.54 Å². The van der Waals surface area contributed by atoms with Crippen LogP contribution in [0.2, 0.25) is 0 Å². The zero-order chi connectivity index (χ0) is 17.1. The minimum atomic E-state index is -0.317. The van der Waals surface area contributed by atoms with Crippen molar-refractivity contribution in [3.05, 3.63) is 41.2 Å². The molecular weight excluding hydrogens is 340 g/mol. The van der Waals surface area contributed by atoms with E-state index >= 15 is 0 Å². The lowest BCUT2D eigenvalue weighted by Crippen LogP contribution is -2.25. The summed E-state index contributed by atoms with van der Waals surface area (Å²) in [4.78, 5) is 19.5. The monoisotopic (exact) mass is 356 g/mol. The summed E-state index contributed by atoms with van der Waals surface area (Å²) in [5.74, 6) is 1.36. The van der Waals surface area contributed by atoms with Crippen molar-refractivity contribution in [1.29, 1.82) is 0 Å². The Labute approximate surface area is 147 Å². The zero-order valence-corrected chi connectivity index (χ0v) is 14.2. The van der Waals surface area contributed by atoms with Crippen LogP contribution in [0.15, 0.2) is 34.2 Å². The molecule has 0 saturated carbocycles. The summed E-state index contributed by atoms with van der Waals surface area (Å²) < 4.78 is 5.18. The third-order valence-electron chi connectivity index (χ3n) is 3.92. The van der Waals surface area contributed by atoms with Crippen LogP contribution >= 0.6 is 11.3 Å². The van der Waals surface area contributed by atoms with Gasteiger partial charge in [-0.25, -0.2) is 0 Å². The molecule has 3 aromatic heterocycles. The summed E-state index contributed by atoms with van der Waals surface area (Å²) in [6.07, 6.45) is 2.34. The number of carbonyl (C=O) groups is 1. The fourth-order valence-corrected chi connectivity index (χ4v) is 3.28. The molecule has 1 N–H and O–H groups in total. The number of hydrogen-bond acceptors (Lipinski definition) is 8. The SMILES string of the molecule is O=C(NCc1noc(-c2cccs2)n1)c1ccc(N2CCCC2)nn1. The molecule has 128 valence electrons. The molecule has 1 aliphatic heterocycles. The van der Waals surface area contributed by atoms with E-state index in [1.807, 2.05) is 23.6 Å². The highest BCUT2D eigenvalue weighted by Crippen LogP contribution is 2.22. The summed E-state index contributed by atoms with van der Waals surface area (Å²) in [5.41, 5.74) is 0.268. The van der Waals surface area contributed by atoms with Gasteiger partial charge in [0.15, 0.2) is 17.3 Å². The van der Waals surface area contributed by atoms with Crippen molar-refractivity contribution in [2.75, 3.05) is 18.0 Å². The van der Waals surface area contributed by atoms with E-state index in [2.05, 4.69) is 30.6 Å². The van der Waals surface area contributed by atoms with Gasteiger partial charge in [-0.3, -0.25) is 4.79 Å². The highest BCUT2D eigenvalue weighted by atomic mass is 32.1. The third kappa shape index (κ3) is 3.50. The second-order valence-corrected chi connectivity index (χ2v) is 6.59. The molecule has 1 saturated heterocycles. The average Bonchev–Trinajstić information content (AvgIpc) is 3.42. The molecule has 4 heterocycles. The molecule has 0 aliphatic carbocycles. The van der Waals surface area contributed by atoms with Crippen LogP contribution in [0, 0.1) is 0 Å². The summed E-state index contributed by atoms with van der Waals surface area (Å²) in [5, 5.41) is 16.7. The van der Waals surface area contributed by atoms with E-state index in [0.29, 0.717) is 11.7 Å². The lowest BCUT2D eigenvalue weighted by molar-refractivity contribution is 0.0943. The van der Waals surface area contributed by atoms with Crippen molar-refractivity contribution in [3.8, 4) is 10.8 Å². The molecule has 25 heavy (non-hydrogen) atoms. The third-order valence-corrected chi connectivity index (χ3v) is 4.78. The quantitative estimate of drug-likeness (QED) is 0.748. The van der Waals surface area contributed by atoms with Crippen molar-refractivity contribution in [2.45, 2.75) is 19.4 Å². The van der Waals surface area contributed by atoms with Gasteiger partial charge >= 0.3 is 0 Å². The van der Waals surface area contributed by atoms with E-state index in [9.17, 15) is 4.79 Å². The van der Waals surface area contributed by atoms with Gasteiger partial charge in [0.2, 0.25) is 0 Å². The minimum absolute atomic E-state index is 0.170. The van der Waals surface area contributed by atoms with Gasteiger partial charge in [-0.15, -0.1) is 21.5 Å². The topological polar surface area (TPSA) is 97.0 Å². The van der Waals surface area contributed by atoms with Gasteiger partial charge in [-0.1, -0.05) is 11.2 Å². The van der Waals surface area contributed by atoms with Crippen molar-refractivity contribution in [1.82, 2.24) is 25.7 Å². The smallest absolute Gasteiger partial charge is 0.272 e. The van der Waals surface area contributed by atoms with Gasteiger partial charge in [-0.05, 0) is 36.4 Å². The number of nitrogens with zero attached hydrogens (tertiary/aromatic N) is 5. The molecule has 3 aromatic rings. The summed E-state index contributed by atoms with van der Waals surface area (Å²) >= 11 is 1.52. The maximum absolute atomic E-state index is 12.2. The van der Waals surface area contributed by atoms with Crippen molar-refractivity contribution < 1.29 is 9.32 Å². The predicted molar refractivity (Wildman–Crippen MR) is 92.3 cm³/mol. The Bertz CT molecular complexity index is 840. The van der Waals surface area contributed by atoms with Crippen LogP contribution in [0.4, 0.5) is 5.82 Å². The van der Waals surface area contributed by atoms with Crippen LogP contribution in [-0.4, -0.2) is 39.3 Å². The molecule has 0 aromatic carbocycles. The zero-order valence-electron chi connectivity index (χ0n) is 13.4. The first-order valence-electron chi connectivity index (χ1n) is 8.03. The number of hydrogen-bond donors (Lipinski definition) is 1. The summed E-state index contributed by atoms with van der Waals surface area (Å²) in [6, 6.07) is 7.33. The number of thiophene rings is 1. The first kappa shape index (κ1) is 15.7. The van der Waals surface area contributed by atoms with Gasteiger partial charge in [0.25, 0.3) is 11.8 Å². The lowest BCUT2D eigenvalue weighted by atomic mass is 10.3. The van der Waals surface area contributed by atoms with Gasteiger partial charge in [0, 0.05) is 13.1 Å². The molecule has 1 fully saturated rings. The van der Waals surface area contributed by atoms with Gasteiger partial charge in [0.05, 0.1) is 11.4 Å². The minimum Gasteiger partial charge on any atom is -0.355 e. The van der Waals surface area contributed by atoms with Crippen molar-refractivity contribution in [2.24, 2.45) is 0 Å². The number of rotatable bonds is 5. The van der Waals surface area contributed by atoms with E-state index in [1.54, 1.807) is 6.07 Å². The Morgan fingerprint density at radius 3 is 2.84 bits per heavy atom. The predicted octanol–water partition coefficient (Wildman–Crippen LogP) is 2.12. The summed E-state index contributed by atoms with van der Waals surface area (Å²) in [6.45, 7) is 2.15. The van der Waals surface area contributed by atoms with Gasteiger partial charge in [0.1, 0.15) is 0 Å². The molecule has 1 amide bonds. The molecule has 0 atom stereocenters. The first-order valence-corrected chi connectivity index (χ1v) is 8.91. The number of nitrogens with one attached hydrogen (secondary N) is 1. The molecule has 4 rings (SSSR count). The number of aromatic nitrogens is 4. The average molecular weight is 356 g/mol. The molecule has 0 bridgehead atoms. The largest absolute Gasteiger partial charge is 0.355 e. The molecular formula is C16H16N6O2S. The van der Waals surface area contributed by atoms with Crippen molar-refractivity contribution in [3.63, 3.8) is 0 Å². The molecule has 8 nitrogen and oxygen atoms in total. The number of anilines is 1.